The van der Waals surface area contributed by atoms with E-state index < -0.39 is 0 Å². The van der Waals surface area contributed by atoms with Crippen molar-refractivity contribution in [3.63, 3.8) is 0 Å². The van der Waals surface area contributed by atoms with Crippen LogP contribution in [0, 0.1) is 6.92 Å². The number of hydrogen-bond donors (Lipinski definition) is 1. The van der Waals surface area contributed by atoms with Gasteiger partial charge in [-0.3, -0.25) is 4.99 Å². The van der Waals surface area contributed by atoms with Crippen LogP contribution in [0.1, 0.15) is 22.7 Å². The first kappa shape index (κ1) is 14.0. The first-order valence-corrected chi connectivity index (χ1v) is 7.39. The van der Waals surface area contributed by atoms with Gasteiger partial charge in [0.25, 0.3) is 0 Å². The largest absolute Gasteiger partial charge is 0.370 e. The first-order chi connectivity index (χ1) is 10.1. The molecule has 1 aliphatic heterocycles. The molecule has 0 aromatic heterocycles. The smallest absolute Gasteiger partial charge is 0.192 e. The highest BCUT2D eigenvalue weighted by atomic mass is 35.5. The summed E-state index contributed by atoms with van der Waals surface area (Å²) in [6.45, 7) is 3.44. The van der Waals surface area contributed by atoms with Crippen molar-refractivity contribution in [2.45, 2.75) is 19.5 Å². The Morgan fingerprint density at radius 2 is 2.00 bits per heavy atom. The second-order valence-corrected chi connectivity index (χ2v) is 5.74. The second-order valence-electron chi connectivity index (χ2n) is 5.34. The minimum atomic E-state index is 0.156. The van der Waals surface area contributed by atoms with E-state index >= 15 is 0 Å². The Kier molecular flexibility index (Phi) is 3.84. The summed E-state index contributed by atoms with van der Waals surface area (Å²) in [5, 5.41) is 0.789. The highest BCUT2D eigenvalue weighted by Gasteiger charge is 2.27. The van der Waals surface area contributed by atoms with Crippen LogP contribution < -0.4 is 5.73 Å². The quantitative estimate of drug-likeness (QED) is 0.942. The number of guanidine groups is 1. The highest BCUT2D eigenvalue weighted by Crippen LogP contribution is 2.29. The zero-order valence-electron chi connectivity index (χ0n) is 12.0. The van der Waals surface area contributed by atoms with Gasteiger partial charge in [0.05, 0.1) is 12.6 Å². The van der Waals surface area contributed by atoms with Crippen LogP contribution in [0.2, 0.25) is 5.02 Å². The van der Waals surface area contributed by atoms with Crippen LogP contribution in [-0.4, -0.2) is 17.4 Å². The summed E-state index contributed by atoms with van der Waals surface area (Å²) in [5.74, 6) is 0.598. The standard InChI is InChI=1S/C17H18ClN3/c1-12-7-8-14(9-15(12)18)16-10-20-17(19)21(16)11-13-5-3-2-4-6-13/h2-9,16H,10-11H2,1H3,(H2,19,20). The zero-order chi connectivity index (χ0) is 14.8. The molecular formula is C17H18ClN3. The Morgan fingerprint density at radius 3 is 2.71 bits per heavy atom. The van der Waals surface area contributed by atoms with E-state index in [1.54, 1.807) is 0 Å². The summed E-state index contributed by atoms with van der Waals surface area (Å²) in [6.07, 6.45) is 0. The van der Waals surface area contributed by atoms with Crippen LogP contribution in [0.15, 0.2) is 53.5 Å². The maximum absolute atomic E-state index is 6.25. The number of hydrogen-bond acceptors (Lipinski definition) is 3. The summed E-state index contributed by atoms with van der Waals surface area (Å²) >= 11 is 6.25. The fraction of sp³-hybridized carbons (Fsp3) is 0.235. The monoisotopic (exact) mass is 299 g/mol. The molecular weight excluding hydrogens is 282 g/mol. The Labute approximate surface area is 130 Å². The molecule has 3 rings (SSSR count). The number of aryl methyl sites for hydroxylation is 1. The number of rotatable bonds is 3. The van der Waals surface area contributed by atoms with Gasteiger partial charge in [-0.05, 0) is 29.7 Å². The van der Waals surface area contributed by atoms with Gasteiger partial charge < -0.3 is 10.6 Å². The molecule has 2 aromatic rings. The molecule has 21 heavy (non-hydrogen) atoms. The Hall–Kier alpha value is -2.00. The average molecular weight is 300 g/mol. The van der Waals surface area contributed by atoms with Crippen molar-refractivity contribution in [2.24, 2.45) is 10.7 Å². The van der Waals surface area contributed by atoms with E-state index in [-0.39, 0.29) is 6.04 Å². The molecule has 2 aromatic carbocycles. The Bertz CT molecular complexity index is 667. The van der Waals surface area contributed by atoms with Gasteiger partial charge in [-0.25, -0.2) is 0 Å². The van der Waals surface area contributed by atoms with Crippen LogP contribution in [-0.2, 0) is 6.54 Å². The van der Waals surface area contributed by atoms with Gasteiger partial charge in [0.2, 0.25) is 0 Å². The van der Waals surface area contributed by atoms with Crippen LogP contribution in [0.3, 0.4) is 0 Å². The third kappa shape index (κ3) is 2.88. The molecule has 0 radical (unpaired) electrons. The normalized spacial score (nSPS) is 17.9. The summed E-state index contributed by atoms with van der Waals surface area (Å²) in [5.41, 5.74) is 9.53. The van der Waals surface area contributed by atoms with E-state index in [1.165, 1.54) is 5.56 Å². The van der Waals surface area contributed by atoms with E-state index in [0.29, 0.717) is 12.5 Å². The molecule has 0 aliphatic carbocycles. The van der Waals surface area contributed by atoms with Gasteiger partial charge in [0.15, 0.2) is 5.96 Å². The topological polar surface area (TPSA) is 41.6 Å². The van der Waals surface area contributed by atoms with E-state index in [4.69, 9.17) is 17.3 Å². The lowest BCUT2D eigenvalue weighted by atomic mass is 10.0. The summed E-state index contributed by atoms with van der Waals surface area (Å²) in [7, 11) is 0. The summed E-state index contributed by atoms with van der Waals surface area (Å²) in [4.78, 5) is 6.54. The zero-order valence-corrected chi connectivity index (χ0v) is 12.7. The number of halogens is 1. The van der Waals surface area contributed by atoms with Crippen molar-refractivity contribution in [1.82, 2.24) is 4.90 Å². The molecule has 0 spiro atoms. The van der Waals surface area contributed by atoms with E-state index in [1.807, 2.05) is 37.3 Å². The van der Waals surface area contributed by atoms with Crippen molar-refractivity contribution in [2.75, 3.05) is 6.54 Å². The van der Waals surface area contributed by atoms with E-state index in [2.05, 4.69) is 28.1 Å². The highest BCUT2D eigenvalue weighted by molar-refractivity contribution is 6.31. The van der Waals surface area contributed by atoms with Gasteiger partial charge in [-0.2, -0.15) is 0 Å². The van der Waals surface area contributed by atoms with Gasteiger partial charge >= 0.3 is 0 Å². The first-order valence-electron chi connectivity index (χ1n) is 7.01. The molecule has 0 fully saturated rings. The van der Waals surface area contributed by atoms with Crippen LogP contribution in [0.4, 0.5) is 0 Å². The van der Waals surface area contributed by atoms with Crippen molar-refractivity contribution in [1.29, 1.82) is 0 Å². The predicted molar refractivity (Wildman–Crippen MR) is 87.4 cm³/mol. The van der Waals surface area contributed by atoms with Gasteiger partial charge in [0.1, 0.15) is 0 Å². The number of benzene rings is 2. The lowest BCUT2D eigenvalue weighted by Crippen LogP contribution is -2.35. The van der Waals surface area contributed by atoms with E-state index in [9.17, 15) is 0 Å². The van der Waals surface area contributed by atoms with Crippen molar-refractivity contribution in [3.05, 3.63) is 70.2 Å². The SMILES string of the molecule is Cc1ccc(C2CN=C(N)N2Cc2ccccc2)cc1Cl. The molecule has 1 unspecified atom stereocenters. The number of nitrogens with zero attached hydrogens (tertiary/aromatic N) is 2. The van der Waals surface area contributed by atoms with E-state index in [0.717, 1.165) is 22.7 Å². The molecule has 3 nitrogen and oxygen atoms in total. The third-order valence-electron chi connectivity index (χ3n) is 3.87. The van der Waals surface area contributed by atoms with Crippen molar-refractivity contribution >= 4 is 17.6 Å². The fourth-order valence-electron chi connectivity index (χ4n) is 2.60. The van der Waals surface area contributed by atoms with Crippen molar-refractivity contribution < 1.29 is 0 Å². The second kappa shape index (κ2) is 5.78. The maximum atomic E-state index is 6.25. The van der Waals surface area contributed by atoms with Crippen LogP contribution in [0.25, 0.3) is 0 Å². The molecule has 108 valence electrons. The molecule has 2 N–H and O–H groups in total. The van der Waals surface area contributed by atoms with Gasteiger partial charge in [-0.1, -0.05) is 54.1 Å². The molecule has 0 saturated carbocycles. The Balaban J connectivity index is 1.86. The minimum absolute atomic E-state index is 0.156. The lowest BCUT2D eigenvalue weighted by molar-refractivity contribution is 0.340. The number of aliphatic imine (C=N–C) groups is 1. The Morgan fingerprint density at radius 1 is 1.24 bits per heavy atom. The maximum Gasteiger partial charge on any atom is 0.192 e. The minimum Gasteiger partial charge on any atom is -0.370 e. The molecule has 0 amide bonds. The average Bonchev–Trinajstić information content (AvgIpc) is 2.85. The summed E-state index contributed by atoms with van der Waals surface area (Å²) in [6, 6.07) is 16.6. The predicted octanol–water partition coefficient (Wildman–Crippen LogP) is 3.52. The number of nitrogens with two attached hydrogens (primary N) is 1. The van der Waals surface area contributed by atoms with Gasteiger partial charge in [0, 0.05) is 11.6 Å². The summed E-state index contributed by atoms with van der Waals surface area (Å²) < 4.78 is 0. The fourth-order valence-corrected chi connectivity index (χ4v) is 2.79. The lowest BCUT2D eigenvalue weighted by Gasteiger charge is -2.27. The van der Waals surface area contributed by atoms with Crippen molar-refractivity contribution in [3.8, 4) is 0 Å². The molecule has 1 atom stereocenters. The molecule has 4 heteroatoms. The van der Waals surface area contributed by atoms with Crippen LogP contribution >= 0.6 is 11.6 Å². The molecule has 1 aliphatic rings. The van der Waals surface area contributed by atoms with Crippen LogP contribution in [0.5, 0.6) is 0 Å². The molecule has 0 saturated heterocycles. The third-order valence-corrected chi connectivity index (χ3v) is 4.28. The molecule has 0 bridgehead atoms. The van der Waals surface area contributed by atoms with Gasteiger partial charge in [-0.15, -0.1) is 0 Å². The molecule has 1 heterocycles.